The number of thiophene rings is 1. The monoisotopic (exact) mass is 305 g/mol. The first-order chi connectivity index (χ1) is 10.2. The molecular formula is C15H23N5S. The Morgan fingerprint density at radius 1 is 1.43 bits per heavy atom. The number of fused-ring (bicyclic) bond motifs is 1. The van der Waals surface area contributed by atoms with E-state index in [-0.39, 0.29) is 0 Å². The van der Waals surface area contributed by atoms with Crippen LogP contribution in [0.25, 0.3) is 10.2 Å². The van der Waals surface area contributed by atoms with Crippen LogP contribution in [0.1, 0.15) is 19.8 Å². The van der Waals surface area contributed by atoms with E-state index in [0.717, 1.165) is 36.2 Å². The van der Waals surface area contributed by atoms with E-state index in [2.05, 4.69) is 52.6 Å². The summed E-state index contributed by atoms with van der Waals surface area (Å²) in [5.41, 5.74) is 0. The second-order valence-electron chi connectivity index (χ2n) is 5.75. The van der Waals surface area contributed by atoms with Gasteiger partial charge in [-0.05, 0) is 45.3 Å². The first kappa shape index (κ1) is 14.5. The van der Waals surface area contributed by atoms with Crippen LogP contribution in [-0.4, -0.2) is 54.6 Å². The number of piperidine rings is 1. The van der Waals surface area contributed by atoms with E-state index in [9.17, 15) is 0 Å². The third-order valence-electron chi connectivity index (χ3n) is 4.07. The Labute approximate surface area is 130 Å². The third kappa shape index (κ3) is 2.96. The van der Waals surface area contributed by atoms with Crippen molar-refractivity contribution in [2.24, 2.45) is 0 Å². The molecule has 21 heavy (non-hydrogen) atoms. The predicted molar refractivity (Wildman–Crippen MR) is 90.5 cm³/mol. The predicted octanol–water partition coefficient (Wildman–Crippen LogP) is 2.65. The van der Waals surface area contributed by atoms with E-state index < -0.39 is 0 Å². The van der Waals surface area contributed by atoms with Gasteiger partial charge in [0.15, 0.2) is 0 Å². The van der Waals surface area contributed by atoms with Gasteiger partial charge < -0.3 is 15.1 Å². The number of hydrogen-bond acceptors (Lipinski definition) is 6. The van der Waals surface area contributed by atoms with Crippen LogP contribution in [-0.2, 0) is 0 Å². The summed E-state index contributed by atoms with van der Waals surface area (Å²) in [5, 5.41) is 6.53. The van der Waals surface area contributed by atoms with Gasteiger partial charge in [0, 0.05) is 25.7 Å². The van der Waals surface area contributed by atoms with Crippen molar-refractivity contribution < 1.29 is 0 Å². The molecule has 114 valence electrons. The van der Waals surface area contributed by atoms with Crippen molar-refractivity contribution in [2.75, 3.05) is 43.9 Å². The third-order valence-corrected chi connectivity index (χ3v) is 4.87. The molecule has 2 aromatic rings. The fraction of sp³-hybridized carbons (Fsp3) is 0.600. The number of rotatable bonds is 4. The van der Waals surface area contributed by atoms with Crippen LogP contribution in [0.5, 0.6) is 0 Å². The molecule has 1 fully saturated rings. The molecule has 5 nitrogen and oxygen atoms in total. The van der Waals surface area contributed by atoms with E-state index in [1.165, 1.54) is 18.2 Å². The zero-order valence-electron chi connectivity index (χ0n) is 13.0. The smallest absolute Gasteiger partial charge is 0.226 e. The molecule has 3 rings (SSSR count). The molecule has 0 radical (unpaired) electrons. The molecule has 2 aromatic heterocycles. The largest absolute Gasteiger partial charge is 0.354 e. The van der Waals surface area contributed by atoms with Crippen molar-refractivity contribution in [3.8, 4) is 0 Å². The molecule has 1 atom stereocenters. The van der Waals surface area contributed by atoms with Gasteiger partial charge in [-0.25, -0.2) is 4.98 Å². The summed E-state index contributed by atoms with van der Waals surface area (Å²) in [7, 11) is 4.33. The lowest BCUT2D eigenvalue weighted by atomic mass is 10.0. The highest BCUT2D eigenvalue weighted by atomic mass is 32.1. The van der Waals surface area contributed by atoms with E-state index in [4.69, 9.17) is 4.98 Å². The molecule has 1 unspecified atom stereocenters. The van der Waals surface area contributed by atoms with E-state index in [1.54, 1.807) is 11.3 Å². The van der Waals surface area contributed by atoms with Gasteiger partial charge in [0.1, 0.15) is 10.6 Å². The van der Waals surface area contributed by atoms with Gasteiger partial charge in [0.25, 0.3) is 0 Å². The molecule has 1 saturated heterocycles. The zero-order chi connectivity index (χ0) is 14.8. The highest BCUT2D eigenvalue weighted by Gasteiger charge is 2.24. The number of anilines is 2. The van der Waals surface area contributed by atoms with Crippen molar-refractivity contribution >= 4 is 33.3 Å². The molecule has 0 bridgehead atoms. The minimum Gasteiger partial charge on any atom is -0.354 e. The van der Waals surface area contributed by atoms with Crippen LogP contribution in [0.3, 0.4) is 0 Å². The maximum atomic E-state index is 4.77. The Bertz CT molecular complexity index is 609. The lowest BCUT2D eigenvalue weighted by Crippen LogP contribution is -2.45. The van der Waals surface area contributed by atoms with Gasteiger partial charge in [-0.15, -0.1) is 11.3 Å². The Balaban J connectivity index is 1.96. The number of likely N-dealkylation sites (N-methyl/N-ethyl adjacent to an activating group) is 1. The minimum atomic E-state index is 0.602. The van der Waals surface area contributed by atoms with E-state index in [0.29, 0.717) is 6.04 Å². The lowest BCUT2D eigenvalue weighted by molar-refractivity contribution is 0.257. The Morgan fingerprint density at radius 3 is 3.05 bits per heavy atom. The van der Waals surface area contributed by atoms with Crippen LogP contribution in [0.4, 0.5) is 11.8 Å². The summed E-state index contributed by atoms with van der Waals surface area (Å²) in [5.74, 6) is 1.83. The molecule has 0 amide bonds. The average molecular weight is 305 g/mol. The van der Waals surface area contributed by atoms with Crippen LogP contribution >= 0.6 is 11.3 Å². The van der Waals surface area contributed by atoms with Gasteiger partial charge in [0.05, 0.1) is 5.39 Å². The van der Waals surface area contributed by atoms with Gasteiger partial charge in [0.2, 0.25) is 5.95 Å². The van der Waals surface area contributed by atoms with Crippen LogP contribution in [0.2, 0.25) is 0 Å². The van der Waals surface area contributed by atoms with Gasteiger partial charge >= 0.3 is 0 Å². The van der Waals surface area contributed by atoms with Crippen molar-refractivity contribution in [1.82, 2.24) is 14.9 Å². The molecule has 6 heteroatoms. The Kier molecular flexibility index (Phi) is 4.26. The first-order valence-electron chi connectivity index (χ1n) is 7.59. The van der Waals surface area contributed by atoms with Gasteiger partial charge in [-0.2, -0.15) is 4.98 Å². The highest BCUT2D eigenvalue weighted by molar-refractivity contribution is 7.16. The SMILES string of the molecule is CCNc1nc(N2CCCC(N(C)C)C2)c2ccsc2n1. The molecule has 0 saturated carbocycles. The second-order valence-corrected chi connectivity index (χ2v) is 6.64. The maximum absolute atomic E-state index is 4.77. The molecule has 0 aromatic carbocycles. The molecule has 1 aliphatic rings. The summed E-state index contributed by atoms with van der Waals surface area (Å²) in [4.78, 5) is 15.2. The topological polar surface area (TPSA) is 44.3 Å². The molecule has 0 spiro atoms. The van der Waals surface area contributed by atoms with E-state index in [1.807, 2.05) is 0 Å². The van der Waals surface area contributed by atoms with Gasteiger partial charge in [-0.3, -0.25) is 0 Å². The molecule has 1 aliphatic heterocycles. The zero-order valence-corrected chi connectivity index (χ0v) is 13.8. The Hall–Kier alpha value is -1.40. The number of aromatic nitrogens is 2. The first-order valence-corrected chi connectivity index (χ1v) is 8.47. The standard InChI is InChI=1S/C15H23N5S/c1-4-16-15-17-13(12-7-9-21-14(12)18-15)20-8-5-6-11(10-20)19(2)3/h7,9,11H,4-6,8,10H2,1-3H3,(H,16,17,18). The summed E-state index contributed by atoms with van der Waals surface area (Å²) in [6.07, 6.45) is 2.48. The van der Waals surface area contributed by atoms with Crippen molar-refractivity contribution in [1.29, 1.82) is 0 Å². The van der Waals surface area contributed by atoms with E-state index >= 15 is 0 Å². The maximum Gasteiger partial charge on any atom is 0.226 e. The average Bonchev–Trinajstić information content (AvgIpc) is 2.95. The Morgan fingerprint density at radius 2 is 2.29 bits per heavy atom. The fourth-order valence-electron chi connectivity index (χ4n) is 2.89. The molecule has 0 aliphatic carbocycles. The second kappa shape index (κ2) is 6.15. The van der Waals surface area contributed by atoms with Crippen molar-refractivity contribution in [3.05, 3.63) is 11.4 Å². The lowest BCUT2D eigenvalue weighted by Gasteiger charge is -2.37. The normalized spacial score (nSPS) is 19.4. The highest BCUT2D eigenvalue weighted by Crippen LogP contribution is 2.31. The molecular weight excluding hydrogens is 282 g/mol. The fourth-order valence-corrected chi connectivity index (χ4v) is 3.65. The van der Waals surface area contributed by atoms with Crippen molar-refractivity contribution in [2.45, 2.75) is 25.8 Å². The quantitative estimate of drug-likeness (QED) is 0.941. The number of nitrogens with zero attached hydrogens (tertiary/aromatic N) is 4. The summed E-state index contributed by atoms with van der Waals surface area (Å²) in [6, 6.07) is 2.75. The van der Waals surface area contributed by atoms with Crippen LogP contribution in [0.15, 0.2) is 11.4 Å². The molecule has 3 heterocycles. The summed E-state index contributed by atoms with van der Waals surface area (Å²) < 4.78 is 0. The number of hydrogen-bond donors (Lipinski definition) is 1. The number of nitrogens with one attached hydrogen (secondary N) is 1. The van der Waals surface area contributed by atoms with Crippen molar-refractivity contribution in [3.63, 3.8) is 0 Å². The summed E-state index contributed by atoms with van der Waals surface area (Å²) in [6.45, 7) is 5.04. The van der Waals surface area contributed by atoms with Crippen LogP contribution in [0, 0.1) is 0 Å². The summed E-state index contributed by atoms with van der Waals surface area (Å²) >= 11 is 1.68. The van der Waals surface area contributed by atoms with Gasteiger partial charge in [-0.1, -0.05) is 0 Å². The van der Waals surface area contributed by atoms with Crippen LogP contribution < -0.4 is 10.2 Å². The minimum absolute atomic E-state index is 0.602. The molecule has 1 N–H and O–H groups in total.